The molecule has 22 heteroatoms. The summed E-state index contributed by atoms with van der Waals surface area (Å²) in [5, 5.41) is 27.5. The van der Waals surface area contributed by atoms with Crippen LogP contribution < -0.4 is 42.4 Å². The quantitative estimate of drug-likeness (QED) is 0.0256. The fraction of sp³-hybridized carbons (Fsp3) is 0.333. The molecule has 1 aliphatic carbocycles. The average Bonchev–Trinajstić information content (AvgIpc) is 2.43. The Balaban J connectivity index is 0.743. The fourth-order valence-electron chi connectivity index (χ4n) is 11.2. The molecule has 0 bridgehead atoms. The number of pyridine rings is 2. The van der Waals surface area contributed by atoms with Crippen LogP contribution in [0.3, 0.4) is 0 Å². The van der Waals surface area contributed by atoms with Gasteiger partial charge in [-0.2, -0.15) is 0 Å². The van der Waals surface area contributed by atoms with Gasteiger partial charge in [-0.05, 0) is 83.7 Å². The van der Waals surface area contributed by atoms with Crippen LogP contribution >= 0.6 is 0 Å². The number of anilines is 1. The van der Waals surface area contributed by atoms with Crippen LogP contribution in [-0.2, 0) is 92.4 Å². The molecule has 442 valence electrons. The summed E-state index contributed by atoms with van der Waals surface area (Å²) in [7, 11) is 0. The molecule has 85 heavy (non-hydrogen) atoms. The Morgan fingerprint density at radius 3 is 2.29 bits per heavy atom. The molecular formula is C63H66FN9O12. The maximum absolute atomic E-state index is 15.4. The predicted molar refractivity (Wildman–Crippen MR) is 311 cm³/mol. The molecule has 3 atom stereocenters. The van der Waals surface area contributed by atoms with E-state index in [9.17, 15) is 48.3 Å². The molecule has 4 aromatic carbocycles. The minimum Gasteiger partial charge on any atom is -0.458 e. The van der Waals surface area contributed by atoms with Crippen molar-refractivity contribution >= 4 is 70.0 Å². The molecule has 4 heterocycles. The molecular weight excluding hydrogens is 1090 g/mol. The van der Waals surface area contributed by atoms with Gasteiger partial charge in [0, 0.05) is 47.5 Å². The van der Waals surface area contributed by atoms with E-state index in [1.807, 2.05) is 55.5 Å². The minimum atomic E-state index is -2.06. The van der Waals surface area contributed by atoms with Crippen LogP contribution in [-0.4, -0.2) is 101 Å². The van der Waals surface area contributed by atoms with Crippen molar-refractivity contribution in [2.45, 2.75) is 103 Å². The lowest BCUT2D eigenvalue weighted by molar-refractivity contribution is -0.172. The smallest absolute Gasteiger partial charge is 0.343 e. The molecule has 0 unspecified atom stereocenters. The topological polar surface area (TPSA) is 286 Å². The SMILES string of the molecule is C=Cc1ccccc1CN(C(=O)CCC(=O)NCC(=O)NCC(=O)N[C@@H](Cc1ccccc1)C(=O)NCC(=O)NCOCC(=O)N[C@H]1CCc2c(C)c(F)cc3nc4c(c1c23)Cn1c-4cc2c(c1=O)COC(=O)[C@]2(O)CC)c1ccccc1CC. The number of hydrogen-bond donors (Lipinski definition) is 7. The highest BCUT2D eigenvalue weighted by Gasteiger charge is 2.46. The molecule has 6 aromatic rings. The lowest BCUT2D eigenvalue weighted by Gasteiger charge is -2.31. The Kier molecular flexibility index (Phi) is 18.7. The molecule has 0 saturated carbocycles. The third kappa shape index (κ3) is 13.2. The predicted octanol–water partition coefficient (Wildman–Crippen LogP) is 4.02. The number of aromatic nitrogens is 2. The van der Waals surface area contributed by atoms with E-state index >= 15 is 4.39 Å². The van der Waals surface area contributed by atoms with E-state index in [2.05, 4.69) is 38.5 Å². The number of amides is 7. The number of hydrogen-bond acceptors (Lipinski definition) is 13. The van der Waals surface area contributed by atoms with Crippen molar-refractivity contribution in [2.24, 2.45) is 0 Å². The number of carbonyl (C=O) groups is 8. The summed E-state index contributed by atoms with van der Waals surface area (Å²) >= 11 is 0. The molecule has 3 aliphatic rings. The third-order valence-corrected chi connectivity index (χ3v) is 15.7. The Bertz CT molecular complexity index is 3720. The van der Waals surface area contributed by atoms with Crippen LogP contribution in [0.15, 0.2) is 102 Å². The number of halogens is 1. The maximum atomic E-state index is 15.4. The summed E-state index contributed by atoms with van der Waals surface area (Å²) in [6.07, 6.45) is 2.78. The van der Waals surface area contributed by atoms with Gasteiger partial charge in [-0.3, -0.25) is 38.4 Å². The van der Waals surface area contributed by atoms with E-state index in [-0.39, 0.29) is 62.4 Å². The standard InChI is InChI=1S/C63H66FN9O12/c1-5-38-17-11-12-19-40(38)31-72(49-20-14-13-18-39(49)6-2)56(79)24-23-51(74)65-28-52(75)66-30-54(77)70-48(25-37-15-9-8-10-16-37)60(80)67-29-53(76)68-35-84-34-55(78)69-46-22-21-41-36(4)45(64)27-47-57(41)58(46)42-32-73-50(59(42)71-47)26-44-43(61(73)81)33-85-62(82)63(44,83)7-3/h5,8-20,26-27,46,48,83H,1,6-7,21-25,28-35H2,2-4H3,(H,65,74)(H,66,75)(H,67,80)(H,68,76)(H,69,78)(H,70,77)/t46-,48-,63-/m0/s1. The molecule has 0 fully saturated rings. The number of fused-ring (bicyclic) bond motifs is 5. The van der Waals surface area contributed by atoms with E-state index in [0.717, 1.165) is 27.9 Å². The summed E-state index contributed by atoms with van der Waals surface area (Å²) < 4.78 is 27.6. The first kappa shape index (κ1) is 60.2. The number of ether oxygens (including phenoxy) is 2. The minimum absolute atomic E-state index is 0.0221. The number of para-hydroxylation sites is 1. The Morgan fingerprint density at radius 2 is 1.54 bits per heavy atom. The number of esters is 1. The van der Waals surface area contributed by atoms with Gasteiger partial charge in [-0.15, -0.1) is 0 Å². The third-order valence-electron chi connectivity index (χ3n) is 15.7. The second-order valence-corrected chi connectivity index (χ2v) is 21.0. The van der Waals surface area contributed by atoms with Crippen molar-refractivity contribution in [3.8, 4) is 11.4 Å². The van der Waals surface area contributed by atoms with Gasteiger partial charge in [0.2, 0.25) is 41.4 Å². The van der Waals surface area contributed by atoms with Crippen LogP contribution in [0.25, 0.3) is 28.4 Å². The lowest BCUT2D eigenvalue weighted by Crippen LogP contribution is -2.52. The van der Waals surface area contributed by atoms with Crippen LogP contribution in [0.4, 0.5) is 10.1 Å². The van der Waals surface area contributed by atoms with E-state index in [1.165, 1.54) is 10.6 Å². The molecule has 2 aromatic heterocycles. The second kappa shape index (κ2) is 26.4. The first-order valence-electron chi connectivity index (χ1n) is 28.1. The number of nitrogens with one attached hydrogen (secondary N) is 6. The zero-order valence-corrected chi connectivity index (χ0v) is 47.4. The Labute approximate surface area is 488 Å². The maximum Gasteiger partial charge on any atom is 0.343 e. The zero-order valence-electron chi connectivity index (χ0n) is 47.4. The van der Waals surface area contributed by atoms with E-state index < -0.39 is 103 Å². The highest BCUT2D eigenvalue weighted by molar-refractivity contribution is 5.98. The van der Waals surface area contributed by atoms with Gasteiger partial charge in [-0.1, -0.05) is 99.3 Å². The van der Waals surface area contributed by atoms with Gasteiger partial charge < -0.3 is 55.9 Å². The number of rotatable bonds is 24. The molecule has 0 spiro atoms. The number of nitrogens with zero attached hydrogens (tertiary/aromatic N) is 3. The number of aryl methyl sites for hydroxylation is 2. The van der Waals surface area contributed by atoms with Gasteiger partial charge in [0.1, 0.15) is 31.8 Å². The van der Waals surface area contributed by atoms with Crippen molar-refractivity contribution in [3.63, 3.8) is 0 Å². The number of aliphatic hydroxyl groups is 1. The highest BCUT2D eigenvalue weighted by atomic mass is 19.1. The van der Waals surface area contributed by atoms with E-state index in [1.54, 1.807) is 61.2 Å². The summed E-state index contributed by atoms with van der Waals surface area (Å²) in [4.78, 5) is 126. The largest absolute Gasteiger partial charge is 0.458 e. The van der Waals surface area contributed by atoms with Gasteiger partial charge in [0.15, 0.2) is 5.60 Å². The average molecular weight is 1160 g/mol. The zero-order chi connectivity index (χ0) is 60.5. The van der Waals surface area contributed by atoms with Gasteiger partial charge in [0.05, 0.1) is 61.2 Å². The van der Waals surface area contributed by atoms with Gasteiger partial charge >= 0.3 is 5.97 Å². The van der Waals surface area contributed by atoms with Gasteiger partial charge in [-0.25, -0.2) is 14.2 Å². The first-order chi connectivity index (χ1) is 40.9. The molecule has 9 rings (SSSR count). The lowest BCUT2D eigenvalue weighted by atomic mass is 9.81. The summed E-state index contributed by atoms with van der Waals surface area (Å²) in [5.74, 6) is -5.57. The van der Waals surface area contributed by atoms with Crippen molar-refractivity contribution in [3.05, 3.63) is 169 Å². The number of cyclic esters (lactones) is 1. The van der Waals surface area contributed by atoms with Crippen molar-refractivity contribution in [2.75, 3.05) is 37.9 Å². The number of carbonyl (C=O) groups excluding carboxylic acids is 8. The van der Waals surface area contributed by atoms with Gasteiger partial charge in [0.25, 0.3) is 5.56 Å². The monoisotopic (exact) mass is 1160 g/mol. The fourth-order valence-corrected chi connectivity index (χ4v) is 11.2. The highest BCUT2D eigenvalue weighted by Crippen LogP contribution is 2.46. The van der Waals surface area contributed by atoms with Crippen LogP contribution in [0.5, 0.6) is 0 Å². The molecule has 21 nitrogen and oxygen atoms in total. The molecule has 7 N–H and O–H groups in total. The number of benzene rings is 4. The summed E-state index contributed by atoms with van der Waals surface area (Å²) in [6.45, 7) is 6.64. The molecule has 0 saturated heterocycles. The van der Waals surface area contributed by atoms with Crippen LogP contribution in [0.2, 0.25) is 0 Å². The van der Waals surface area contributed by atoms with E-state index in [4.69, 9.17) is 14.5 Å². The normalized spacial score (nSPS) is 15.7. The first-order valence-corrected chi connectivity index (χ1v) is 28.1. The van der Waals surface area contributed by atoms with Crippen LogP contribution in [0, 0.1) is 12.7 Å². The summed E-state index contributed by atoms with van der Waals surface area (Å²) in [5.41, 5.74) is 5.26. The van der Waals surface area contributed by atoms with Crippen molar-refractivity contribution in [1.29, 1.82) is 0 Å². The molecule has 7 amide bonds. The molecule has 0 radical (unpaired) electrons. The Morgan fingerprint density at radius 1 is 0.847 bits per heavy atom. The van der Waals surface area contributed by atoms with Crippen LogP contribution in [0.1, 0.15) is 101 Å². The summed E-state index contributed by atoms with van der Waals surface area (Å²) in [6, 6.07) is 25.0. The van der Waals surface area contributed by atoms with Crippen molar-refractivity contribution in [1.82, 2.24) is 41.5 Å². The van der Waals surface area contributed by atoms with Crippen molar-refractivity contribution < 1.29 is 57.3 Å². The Hall–Kier alpha value is -9.41. The molecule has 2 aliphatic heterocycles. The second-order valence-electron chi connectivity index (χ2n) is 21.0. The van der Waals surface area contributed by atoms with E-state index in [0.29, 0.717) is 63.8 Å².